The molecule has 1 aromatic heterocycles. The van der Waals surface area contributed by atoms with Crippen molar-refractivity contribution in [2.75, 3.05) is 11.9 Å². The lowest BCUT2D eigenvalue weighted by atomic mass is 9.96. The number of aryl methyl sites for hydroxylation is 1. The molecule has 1 N–H and O–H groups in total. The Bertz CT molecular complexity index is 652. The molecule has 0 aliphatic rings. The lowest BCUT2D eigenvalue weighted by Crippen LogP contribution is -2.13. The van der Waals surface area contributed by atoms with Crippen molar-refractivity contribution in [2.24, 2.45) is 0 Å². The maximum absolute atomic E-state index is 13.1. The average molecular weight is 412 g/mol. The van der Waals surface area contributed by atoms with Crippen LogP contribution < -0.4 is 5.32 Å². The van der Waals surface area contributed by atoms with Gasteiger partial charge >= 0.3 is 0 Å². The van der Waals surface area contributed by atoms with E-state index < -0.39 is 0 Å². The molecule has 0 aliphatic heterocycles. The number of benzene rings is 1. The van der Waals surface area contributed by atoms with Crippen molar-refractivity contribution in [2.45, 2.75) is 51.9 Å². The monoisotopic (exact) mass is 411 g/mol. The first-order valence-corrected chi connectivity index (χ1v) is 9.17. The Kier molecular flexibility index (Phi) is 8.83. The first-order valence-electron chi connectivity index (χ1n) is 8.38. The van der Waals surface area contributed by atoms with Gasteiger partial charge in [-0.2, -0.15) is 4.98 Å². The van der Waals surface area contributed by atoms with Crippen LogP contribution in [0.1, 0.15) is 51.7 Å². The van der Waals surface area contributed by atoms with Gasteiger partial charge in [-0.25, -0.2) is 4.39 Å². The highest BCUT2D eigenvalue weighted by atomic mass is 79.9. The van der Waals surface area contributed by atoms with Gasteiger partial charge in [0.1, 0.15) is 5.82 Å². The molecule has 0 fully saturated rings. The summed E-state index contributed by atoms with van der Waals surface area (Å²) in [5, 5.41) is 7.31. The molecule has 0 spiro atoms. The number of nitrogens with one attached hydrogen (secondary N) is 1. The fraction of sp³-hybridized carbons (Fsp3) is 0.474. The SMILES string of the molecule is C=C.CC(C)(C)c1noc(CCCCCNc2ccc(F)c(Br)c2)n1. The molecule has 0 unspecified atom stereocenters. The van der Waals surface area contributed by atoms with E-state index in [0.717, 1.165) is 43.7 Å². The van der Waals surface area contributed by atoms with Crippen molar-refractivity contribution in [1.82, 2.24) is 10.1 Å². The Morgan fingerprint density at radius 3 is 2.52 bits per heavy atom. The Morgan fingerprint density at radius 1 is 1.20 bits per heavy atom. The third-order valence-electron chi connectivity index (χ3n) is 3.46. The summed E-state index contributed by atoms with van der Waals surface area (Å²) in [6.07, 6.45) is 3.93. The van der Waals surface area contributed by atoms with E-state index in [9.17, 15) is 4.39 Å². The summed E-state index contributed by atoms with van der Waals surface area (Å²) in [4.78, 5) is 4.43. The summed E-state index contributed by atoms with van der Waals surface area (Å²) >= 11 is 3.18. The van der Waals surface area contributed by atoms with Crippen LogP contribution in [0.3, 0.4) is 0 Å². The van der Waals surface area contributed by atoms with Gasteiger partial charge in [-0.15, -0.1) is 13.2 Å². The highest BCUT2D eigenvalue weighted by Crippen LogP contribution is 2.20. The van der Waals surface area contributed by atoms with Crippen molar-refractivity contribution >= 4 is 21.6 Å². The number of aromatic nitrogens is 2. The lowest BCUT2D eigenvalue weighted by molar-refractivity contribution is 0.359. The van der Waals surface area contributed by atoms with E-state index in [1.807, 2.05) is 0 Å². The molecule has 0 aliphatic carbocycles. The number of rotatable bonds is 7. The molecular formula is C19H27BrFN3O. The number of unbranched alkanes of at least 4 members (excludes halogenated alkanes) is 2. The van der Waals surface area contributed by atoms with Gasteiger partial charge in [0.15, 0.2) is 5.82 Å². The number of hydrogen-bond acceptors (Lipinski definition) is 4. The highest BCUT2D eigenvalue weighted by molar-refractivity contribution is 9.10. The molecular weight excluding hydrogens is 385 g/mol. The van der Waals surface area contributed by atoms with Crippen molar-refractivity contribution in [1.29, 1.82) is 0 Å². The minimum absolute atomic E-state index is 0.0743. The summed E-state index contributed by atoms with van der Waals surface area (Å²) in [6, 6.07) is 4.95. The number of halogens is 2. The van der Waals surface area contributed by atoms with Crippen molar-refractivity contribution in [3.8, 4) is 0 Å². The van der Waals surface area contributed by atoms with Crippen molar-refractivity contribution in [3.05, 3.63) is 53.4 Å². The summed E-state index contributed by atoms with van der Waals surface area (Å²) in [5.41, 5.74) is 0.847. The molecule has 0 amide bonds. The first-order chi connectivity index (χ1) is 11.9. The Morgan fingerprint density at radius 2 is 1.92 bits per heavy atom. The number of nitrogens with zero attached hydrogens (tertiary/aromatic N) is 2. The van der Waals surface area contributed by atoms with E-state index in [2.05, 4.69) is 65.3 Å². The van der Waals surface area contributed by atoms with Crippen LogP contribution in [-0.4, -0.2) is 16.7 Å². The van der Waals surface area contributed by atoms with Crippen molar-refractivity contribution in [3.63, 3.8) is 0 Å². The van der Waals surface area contributed by atoms with Gasteiger partial charge in [-0.3, -0.25) is 0 Å². The molecule has 4 nitrogen and oxygen atoms in total. The molecule has 1 aromatic carbocycles. The average Bonchev–Trinajstić information content (AvgIpc) is 3.05. The van der Waals surface area contributed by atoms with Gasteiger partial charge in [0.05, 0.1) is 4.47 Å². The van der Waals surface area contributed by atoms with E-state index in [1.54, 1.807) is 12.1 Å². The van der Waals surface area contributed by atoms with Gasteiger partial charge < -0.3 is 9.84 Å². The predicted octanol–water partition coefficient (Wildman–Crippen LogP) is 5.90. The van der Waals surface area contributed by atoms with E-state index in [4.69, 9.17) is 4.52 Å². The molecule has 6 heteroatoms. The zero-order valence-electron chi connectivity index (χ0n) is 15.2. The Labute approximate surface area is 158 Å². The van der Waals surface area contributed by atoms with Crippen LogP contribution in [0, 0.1) is 5.82 Å². The lowest BCUT2D eigenvalue weighted by Gasteiger charge is -2.10. The second-order valence-electron chi connectivity index (χ2n) is 6.63. The molecule has 138 valence electrons. The largest absolute Gasteiger partial charge is 0.385 e. The summed E-state index contributed by atoms with van der Waals surface area (Å²) < 4.78 is 18.9. The van der Waals surface area contributed by atoms with Crippen LogP contribution >= 0.6 is 15.9 Å². The molecule has 25 heavy (non-hydrogen) atoms. The second-order valence-corrected chi connectivity index (χ2v) is 7.48. The smallest absolute Gasteiger partial charge is 0.226 e. The standard InChI is InChI=1S/C17H23BrFN3O.C2H4/c1-17(2,3)16-21-15(23-22-16)7-5-4-6-10-20-12-8-9-14(19)13(18)11-12;1-2/h8-9,11,20H,4-7,10H2,1-3H3;1-2H2. The fourth-order valence-corrected chi connectivity index (χ4v) is 2.46. The molecule has 0 atom stereocenters. The molecule has 0 bridgehead atoms. The van der Waals surface area contributed by atoms with Gasteiger partial charge in [0, 0.05) is 24.1 Å². The molecule has 2 rings (SSSR count). The predicted molar refractivity (Wildman–Crippen MR) is 104 cm³/mol. The molecule has 0 saturated carbocycles. The highest BCUT2D eigenvalue weighted by Gasteiger charge is 2.20. The maximum atomic E-state index is 13.1. The first kappa shape index (κ1) is 21.4. The van der Waals surface area contributed by atoms with Crippen LogP contribution in [-0.2, 0) is 11.8 Å². The third-order valence-corrected chi connectivity index (χ3v) is 4.06. The third kappa shape index (κ3) is 7.38. The summed E-state index contributed by atoms with van der Waals surface area (Å²) in [5.74, 6) is 1.23. The molecule has 0 saturated heterocycles. The van der Waals surface area contributed by atoms with E-state index in [0.29, 0.717) is 10.4 Å². The number of hydrogen-bond donors (Lipinski definition) is 1. The zero-order valence-corrected chi connectivity index (χ0v) is 16.8. The summed E-state index contributed by atoms with van der Waals surface area (Å²) in [6.45, 7) is 13.1. The molecule has 0 radical (unpaired) electrons. The minimum Gasteiger partial charge on any atom is -0.385 e. The molecule has 1 heterocycles. The van der Waals surface area contributed by atoms with Gasteiger partial charge in [-0.1, -0.05) is 32.3 Å². The fourth-order valence-electron chi connectivity index (χ4n) is 2.08. The number of anilines is 1. The Balaban J connectivity index is 0.00000151. The van der Waals surface area contributed by atoms with Crippen LogP contribution in [0.25, 0.3) is 0 Å². The van der Waals surface area contributed by atoms with E-state index in [-0.39, 0.29) is 11.2 Å². The topological polar surface area (TPSA) is 51.0 Å². The zero-order chi connectivity index (χ0) is 18.9. The van der Waals surface area contributed by atoms with E-state index in [1.165, 1.54) is 6.07 Å². The van der Waals surface area contributed by atoms with Crippen LogP contribution in [0.5, 0.6) is 0 Å². The summed E-state index contributed by atoms with van der Waals surface area (Å²) in [7, 11) is 0. The van der Waals surface area contributed by atoms with Gasteiger partial charge in [0.25, 0.3) is 0 Å². The maximum Gasteiger partial charge on any atom is 0.226 e. The van der Waals surface area contributed by atoms with Crippen LogP contribution in [0.4, 0.5) is 10.1 Å². The van der Waals surface area contributed by atoms with Crippen LogP contribution in [0.15, 0.2) is 40.4 Å². The quantitative estimate of drug-likeness (QED) is 0.455. The Hall–Kier alpha value is -1.69. The van der Waals surface area contributed by atoms with Gasteiger partial charge in [-0.05, 0) is 47.0 Å². The molecule has 2 aromatic rings. The minimum atomic E-state index is -0.246. The van der Waals surface area contributed by atoms with Gasteiger partial charge in [0.2, 0.25) is 5.89 Å². The van der Waals surface area contributed by atoms with Crippen LogP contribution in [0.2, 0.25) is 0 Å². The second kappa shape index (κ2) is 10.3. The van der Waals surface area contributed by atoms with E-state index >= 15 is 0 Å². The normalized spacial score (nSPS) is 10.9. The van der Waals surface area contributed by atoms with Crippen molar-refractivity contribution < 1.29 is 8.91 Å².